The number of methoxy groups -OCH3 is 1. The molecule has 2 rings (SSSR count). The Labute approximate surface area is 111 Å². The summed E-state index contributed by atoms with van der Waals surface area (Å²) in [5, 5.41) is 0. The first-order valence-electron chi connectivity index (χ1n) is 6.85. The summed E-state index contributed by atoms with van der Waals surface area (Å²) < 4.78 is 5.43. The van der Waals surface area contributed by atoms with Crippen LogP contribution in [0.15, 0.2) is 24.3 Å². The summed E-state index contributed by atoms with van der Waals surface area (Å²) in [6, 6.07) is 8.23. The number of hydrogen-bond donors (Lipinski definition) is 1. The van der Waals surface area contributed by atoms with Crippen molar-refractivity contribution in [2.75, 3.05) is 7.11 Å². The molecule has 1 aliphatic rings. The topological polar surface area (TPSA) is 35.2 Å². The molecule has 2 N–H and O–H groups in total. The van der Waals surface area contributed by atoms with E-state index in [1.165, 1.54) is 18.4 Å². The van der Waals surface area contributed by atoms with E-state index in [1.807, 2.05) is 12.1 Å². The van der Waals surface area contributed by atoms with E-state index in [0.717, 1.165) is 25.0 Å². The van der Waals surface area contributed by atoms with Gasteiger partial charge < -0.3 is 10.5 Å². The van der Waals surface area contributed by atoms with E-state index < -0.39 is 0 Å². The summed E-state index contributed by atoms with van der Waals surface area (Å²) in [4.78, 5) is 0. The first kappa shape index (κ1) is 13.4. The summed E-state index contributed by atoms with van der Waals surface area (Å²) in [5.74, 6) is 0.964. The fourth-order valence-corrected chi connectivity index (χ4v) is 3.43. The molecule has 0 amide bonds. The zero-order valence-electron chi connectivity index (χ0n) is 11.8. The van der Waals surface area contributed by atoms with E-state index >= 15 is 0 Å². The second-order valence-electron chi connectivity index (χ2n) is 6.55. The van der Waals surface area contributed by atoms with Crippen molar-refractivity contribution >= 4 is 0 Å². The molecule has 0 aromatic heterocycles. The minimum atomic E-state index is -0.0730. The molecule has 0 heterocycles. The van der Waals surface area contributed by atoms with Gasteiger partial charge in [0.2, 0.25) is 0 Å². The highest BCUT2D eigenvalue weighted by Gasteiger charge is 2.37. The van der Waals surface area contributed by atoms with Gasteiger partial charge in [0.15, 0.2) is 0 Å². The molecule has 1 aromatic carbocycles. The molecule has 1 aliphatic carbocycles. The van der Waals surface area contributed by atoms with Gasteiger partial charge in [-0.1, -0.05) is 38.5 Å². The van der Waals surface area contributed by atoms with Gasteiger partial charge >= 0.3 is 0 Å². The minimum Gasteiger partial charge on any atom is -0.496 e. The predicted molar refractivity (Wildman–Crippen MR) is 75.9 cm³/mol. The molecular formula is C16H25NO. The van der Waals surface area contributed by atoms with Gasteiger partial charge in [0.1, 0.15) is 5.75 Å². The van der Waals surface area contributed by atoms with Crippen molar-refractivity contribution in [1.29, 1.82) is 0 Å². The maximum atomic E-state index is 6.63. The molecule has 1 fully saturated rings. The van der Waals surface area contributed by atoms with E-state index in [-0.39, 0.29) is 5.54 Å². The summed E-state index contributed by atoms with van der Waals surface area (Å²) in [5.41, 5.74) is 8.17. The normalized spacial score (nSPS) is 26.9. The molecule has 0 radical (unpaired) electrons. The van der Waals surface area contributed by atoms with Crippen LogP contribution < -0.4 is 10.5 Å². The fraction of sp³-hybridized carbons (Fsp3) is 0.625. The van der Waals surface area contributed by atoms with Gasteiger partial charge in [-0.25, -0.2) is 0 Å². The monoisotopic (exact) mass is 247 g/mol. The number of ether oxygens (including phenoxy) is 1. The molecule has 18 heavy (non-hydrogen) atoms. The molecule has 0 aliphatic heterocycles. The lowest BCUT2D eigenvalue weighted by Gasteiger charge is -2.43. The maximum Gasteiger partial charge on any atom is 0.122 e. The van der Waals surface area contributed by atoms with Crippen LogP contribution in [0, 0.1) is 5.41 Å². The van der Waals surface area contributed by atoms with Crippen molar-refractivity contribution in [2.24, 2.45) is 11.1 Å². The minimum absolute atomic E-state index is 0.0730. The van der Waals surface area contributed by atoms with Crippen LogP contribution in [0.2, 0.25) is 0 Å². The van der Waals surface area contributed by atoms with Gasteiger partial charge in [-0.2, -0.15) is 0 Å². The number of para-hydroxylation sites is 1. The molecule has 2 heteroatoms. The molecule has 2 nitrogen and oxygen atoms in total. The Bertz CT molecular complexity index is 413. The van der Waals surface area contributed by atoms with Gasteiger partial charge in [-0.05, 0) is 42.7 Å². The van der Waals surface area contributed by atoms with Gasteiger partial charge in [-0.15, -0.1) is 0 Å². The average molecular weight is 247 g/mol. The lowest BCUT2D eigenvalue weighted by molar-refractivity contribution is 0.150. The molecule has 0 bridgehead atoms. The van der Waals surface area contributed by atoms with E-state index in [9.17, 15) is 0 Å². The van der Waals surface area contributed by atoms with Crippen molar-refractivity contribution in [2.45, 2.75) is 51.5 Å². The van der Waals surface area contributed by atoms with Crippen LogP contribution in [0.1, 0.15) is 45.1 Å². The Morgan fingerprint density at radius 1 is 1.22 bits per heavy atom. The number of benzene rings is 1. The molecule has 1 saturated carbocycles. The van der Waals surface area contributed by atoms with Crippen LogP contribution in [-0.2, 0) is 6.42 Å². The molecular weight excluding hydrogens is 222 g/mol. The Balaban J connectivity index is 2.17. The third-order valence-corrected chi connectivity index (χ3v) is 4.09. The lowest BCUT2D eigenvalue weighted by Crippen LogP contribution is -2.48. The highest BCUT2D eigenvalue weighted by Crippen LogP contribution is 2.41. The molecule has 1 atom stereocenters. The van der Waals surface area contributed by atoms with Crippen molar-refractivity contribution in [3.63, 3.8) is 0 Å². The van der Waals surface area contributed by atoms with E-state index in [1.54, 1.807) is 7.11 Å². The van der Waals surface area contributed by atoms with Crippen molar-refractivity contribution in [1.82, 2.24) is 0 Å². The van der Waals surface area contributed by atoms with Gasteiger partial charge in [0.05, 0.1) is 7.11 Å². The van der Waals surface area contributed by atoms with Crippen LogP contribution >= 0.6 is 0 Å². The zero-order valence-corrected chi connectivity index (χ0v) is 11.8. The fourth-order valence-electron chi connectivity index (χ4n) is 3.43. The molecule has 1 unspecified atom stereocenters. The van der Waals surface area contributed by atoms with Crippen molar-refractivity contribution in [3.05, 3.63) is 29.8 Å². The lowest BCUT2D eigenvalue weighted by atomic mass is 9.66. The van der Waals surface area contributed by atoms with Crippen LogP contribution in [0.4, 0.5) is 0 Å². The highest BCUT2D eigenvalue weighted by molar-refractivity contribution is 5.34. The summed E-state index contributed by atoms with van der Waals surface area (Å²) in [7, 11) is 1.73. The Hall–Kier alpha value is -1.02. The Kier molecular flexibility index (Phi) is 3.67. The summed E-state index contributed by atoms with van der Waals surface area (Å²) in [6.45, 7) is 4.66. The average Bonchev–Trinajstić information content (AvgIpc) is 2.27. The Morgan fingerprint density at radius 3 is 2.61 bits per heavy atom. The van der Waals surface area contributed by atoms with E-state index in [2.05, 4.69) is 26.0 Å². The van der Waals surface area contributed by atoms with Gasteiger partial charge in [-0.3, -0.25) is 0 Å². The largest absolute Gasteiger partial charge is 0.496 e. The standard InChI is InChI=1S/C16H25NO/c1-15(2)9-6-10-16(17,12-15)11-13-7-4-5-8-14(13)18-3/h4-5,7-8H,6,9-12,17H2,1-3H3. The second kappa shape index (κ2) is 4.93. The second-order valence-corrected chi connectivity index (χ2v) is 6.55. The summed E-state index contributed by atoms with van der Waals surface area (Å²) >= 11 is 0. The molecule has 1 aromatic rings. The van der Waals surface area contributed by atoms with Crippen LogP contribution in [0.25, 0.3) is 0 Å². The Morgan fingerprint density at radius 2 is 1.94 bits per heavy atom. The van der Waals surface area contributed by atoms with E-state index in [4.69, 9.17) is 10.5 Å². The smallest absolute Gasteiger partial charge is 0.122 e. The maximum absolute atomic E-state index is 6.63. The quantitative estimate of drug-likeness (QED) is 0.886. The third kappa shape index (κ3) is 3.05. The zero-order chi connectivity index (χ0) is 13.2. The number of rotatable bonds is 3. The van der Waals surface area contributed by atoms with Crippen molar-refractivity contribution < 1.29 is 4.74 Å². The number of nitrogens with two attached hydrogens (primary N) is 1. The first-order valence-corrected chi connectivity index (χ1v) is 6.85. The van der Waals surface area contributed by atoms with Crippen LogP contribution in [-0.4, -0.2) is 12.6 Å². The highest BCUT2D eigenvalue weighted by atomic mass is 16.5. The number of hydrogen-bond acceptors (Lipinski definition) is 2. The van der Waals surface area contributed by atoms with Crippen LogP contribution in [0.3, 0.4) is 0 Å². The van der Waals surface area contributed by atoms with Gasteiger partial charge in [0.25, 0.3) is 0 Å². The molecule has 100 valence electrons. The SMILES string of the molecule is COc1ccccc1CC1(N)CCCC(C)(C)C1. The first-order chi connectivity index (χ1) is 8.44. The summed E-state index contributed by atoms with van der Waals surface area (Å²) in [6.07, 6.45) is 5.66. The van der Waals surface area contributed by atoms with Crippen LogP contribution in [0.5, 0.6) is 5.75 Å². The predicted octanol–water partition coefficient (Wildman–Crippen LogP) is 3.54. The third-order valence-electron chi connectivity index (χ3n) is 4.09. The van der Waals surface area contributed by atoms with Gasteiger partial charge in [0, 0.05) is 5.54 Å². The van der Waals surface area contributed by atoms with Crippen molar-refractivity contribution in [3.8, 4) is 5.75 Å². The molecule has 0 spiro atoms. The molecule has 0 saturated heterocycles. The van der Waals surface area contributed by atoms with E-state index in [0.29, 0.717) is 5.41 Å².